The number of morpholine rings is 1. The molecule has 0 saturated carbocycles. The maximum absolute atomic E-state index is 11.8. The van der Waals surface area contributed by atoms with E-state index in [2.05, 4.69) is 5.16 Å². The minimum atomic E-state index is -1.21. The van der Waals surface area contributed by atoms with Crippen LogP contribution in [0.2, 0.25) is 0 Å². The zero-order chi connectivity index (χ0) is 15.1. The van der Waals surface area contributed by atoms with Gasteiger partial charge in [0.05, 0.1) is 13.2 Å². The van der Waals surface area contributed by atoms with Crippen LogP contribution in [0, 0.1) is 0 Å². The molecule has 0 spiro atoms. The van der Waals surface area contributed by atoms with Crippen molar-refractivity contribution in [2.24, 2.45) is 5.16 Å². The number of carboxylic acid groups (broad SMARTS) is 1. The smallest absolute Gasteiger partial charge is 0.363 e. The molecule has 1 N–H and O–H groups in total. The fraction of sp³-hybridized carbons (Fsp3) is 0.357. The standard InChI is InChI=1S/C14H16N2O5/c17-12(11-4-2-1-3-5-11)10-15-21-13(14(18)19)16-6-8-20-9-7-16/h1-5,10,13H,6-9H2,(H,18,19). The number of hydrogen-bond acceptors (Lipinski definition) is 6. The molecular weight excluding hydrogens is 276 g/mol. The Morgan fingerprint density at radius 1 is 1.29 bits per heavy atom. The lowest BCUT2D eigenvalue weighted by Crippen LogP contribution is -2.48. The lowest BCUT2D eigenvalue weighted by Gasteiger charge is -2.29. The van der Waals surface area contributed by atoms with Crippen LogP contribution >= 0.6 is 0 Å². The number of carbonyl (C=O) groups excluding carboxylic acids is 1. The molecule has 0 bridgehead atoms. The molecule has 1 atom stereocenters. The molecule has 0 radical (unpaired) electrons. The first-order valence-corrected chi connectivity index (χ1v) is 6.51. The monoisotopic (exact) mass is 292 g/mol. The maximum Gasteiger partial charge on any atom is 0.363 e. The fourth-order valence-electron chi connectivity index (χ4n) is 1.89. The molecule has 7 heteroatoms. The second-order valence-electron chi connectivity index (χ2n) is 4.41. The number of aliphatic carboxylic acids is 1. The van der Waals surface area contributed by atoms with Crippen molar-refractivity contribution in [3.63, 3.8) is 0 Å². The van der Waals surface area contributed by atoms with Gasteiger partial charge < -0.3 is 14.7 Å². The average molecular weight is 292 g/mol. The minimum absolute atomic E-state index is 0.346. The number of carbonyl (C=O) groups is 2. The second kappa shape index (κ2) is 7.51. The zero-order valence-corrected chi connectivity index (χ0v) is 11.3. The van der Waals surface area contributed by atoms with E-state index in [1.54, 1.807) is 35.2 Å². The van der Waals surface area contributed by atoms with Crippen LogP contribution in [0.25, 0.3) is 0 Å². The third-order valence-electron chi connectivity index (χ3n) is 2.98. The van der Waals surface area contributed by atoms with Gasteiger partial charge in [0.25, 0.3) is 6.23 Å². The summed E-state index contributed by atoms with van der Waals surface area (Å²) < 4.78 is 5.15. The number of rotatable bonds is 6. The molecule has 0 aliphatic carbocycles. The van der Waals surface area contributed by atoms with Crippen molar-refractivity contribution < 1.29 is 24.3 Å². The van der Waals surface area contributed by atoms with Gasteiger partial charge in [0.2, 0.25) is 5.78 Å². The molecule has 1 aromatic rings. The van der Waals surface area contributed by atoms with Gasteiger partial charge in [-0.15, -0.1) is 0 Å². The third-order valence-corrected chi connectivity index (χ3v) is 2.98. The van der Waals surface area contributed by atoms with Crippen molar-refractivity contribution in [3.8, 4) is 0 Å². The van der Waals surface area contributed by atoms with E-state index in [9.17, 15) is 9.59 Å². The van der Waals surface area contributed by atoms with Gasteiger partial charge in [-0.1, -0.05) is 35.5 Å². The van der Waals surface area contributed by atoms with E-state index in [1.165, 1.54) is 0 Å². The highest BCUT2D eigenvalue weighted by Gasteiger charge is 2.29. The summed E-state index contributed by atoms with van der Waals surface area (Å²) in [6.45, 7) is 1.78. The van der Waals surface area contributed by atoms with Crippen molar-refractivity contribution in [2.45, 2.75) is 6.23 Å². The molecule has 1 fully saturated rings. The number of carboxylic acids is 1. The van der Waals surface area contributed by atoms with E-state index in [1.807, 2.05) is 0 Å². The summed E-state index contributed by atoms with van der Waals surface area (Å²) in [5.41, 5.74) is 0.461. The molecule has 1 aromatic carbocycles. The summed E-state index contributed by atoms with van der Waals surface area (Å²) in [6.07, 6.45) is -0.236. The Kier molecular flexibility index (Phi) is 5.42. The summed E-state index contributed by atoms with van der Waals surface area (Å²) in [7, 11) is 0. The molecule has 21 heavy (non-hydrogen) atoms. The highest BCUT2D eigenvalue weighted by atomic mass is 16.7. The van der Waals surface area contributed by atoms with Crippen molar-refractivity contribution in [1.82, 2.24) is 4.90 Å². The quantitative estimate of drug-likeness (QED) is 0.469. The summed E-state index contributed by atoms with van der Waals surface area (Å²) in [5.74, 6) is -1.50. The molecule has 112 valence electrons. The Hall–Kier alpha value is -2.25. The van der Waals surface area contributed by atoms with Crippen LogP contribution in [0.3, 0.4) is 0 Å². The molecule has 1 saturated heterocycles. The molecule has 1 unspecified atom stereocenters. The first kappa shape index (κ1) is 15.1. The number of ketones is 1. The van der Waals surface area contributed by atoms with Crippen LogP contribution in [-0.4, -0.2) is 60.5 Å². The van der Waals surface area contributed by atoms with Gasteiger partial charge in [-0.05, 0) is 0 Å². The largest absolute Gasteiger partial charge is 0.477 e. The van der Waals surface area contributed by atoms with Crippen LogP contribution in [0.15, 0.2) is 35.5 Å². The van der Waals surface area contributed by atoms with Crippen LogP contribution in [0.4, 0.5) is 0 Å². The summed E-state index contributed by atoms with van der Waals surface area (Å²) in [4.78, 5) is 29.5. The minimum Gasteiger partial charge on any atom is -0.477 e. The molecular formula is C14H16N2O5. The van der Waals surface area contributed by atoms with Gasteiger partial charge >= 0.3 is 5.97 Å². The predicted molar refractivity (Wildman–Crippen MR) is 74.2 cm³/mol. The van der Waals surface area contributed by atoms with Crippen molar-refractivity contribution in [3.05, 3.63) is 35.9 Å². The van der Waals surface area contributed by atoms with Crippen molar-refractivity contribution >= 4 is 18.0 Å². The number of Topliss-reactive ketones (excluding diaryl/α,β-unsaturated/α-hetero) is 1. The van der Waals surface area contributed by atoms with Crippen LogP contribution < -0.4 is 0 Å². The number of benzene rings is 1. The Labute approximate surface area is 121 Å². The average Bonchev–Trinajstić information content (AvgIpc) is 2.52. The second-order valence-corrected chi connectivity index (χ2v) is 4.41. The molecule has 1 heterocycles. The van der Waals surface area contributed by atoms with Gasteiger partial charge in [0.15, 0.2) is 0 Å². The number of ether oxygens (including phenoxy) is 1. The number of nitrogens with zero attached hydrogens (tertiary/aromatic N) is 2. The lowest BCUT2D eigenvalue weighted by atomic mass is 10.1. The Balaban J connectivity index is 1.93. The highest BCUT2D eigenvalue weighted by molar-refractivity contribution is 6.35. The topological polar surface area (TPSA) is 88.4 Å². The van der Waals surface area contributed by atoms with Gasteiger partial charge in [-0.2, -0.15) is 0 Å². The highest BCUT2D eigenvalue weighted by Crippen LogP contribution is 2.06. The first-order valence-electron chi connectivity index (χ1n) is 6.51. The van der Waals surface area contributed by atoms with Gasteiger partial charge in [0.1, 0.15) is 6.21 Å². The predicted octanol–water partition coefficient (Wildman–Crippen LogP) is 0.615. The van der Waals surface area contributed by atoms with Gasteiger partial charge in [-0.25, -0.2) is 4.79 Å². The Morgan fingerprint density at radius 3 is 2.57 bits per heavy atom. The molecule has 0 aromatic heterocycles. The van der Waals surface area contributed by atoms with E-state index in [-0.39, 0.29) is 5.78 Å². The Bertz CT molecular complexity index is 511. The normalized spacial score (nSPS) is 17.5. The molecule has 0 amide bonds. The van der Waals surface area contributed by atoms with Crippen molar-refractivity contribution in [1.29, 1.82) is 0 Å². The molecule has 1 aliphatic heterocycles. The SMILES string of the molecule is O=C(C=NOC(C(=O)O)N1CCOCC1)c1ccccc1. The fourth-order valence-corrected chi connectivity index (χ4v) is 1.89. The molecule has 2 rings (SSSR count). The summed E-state index contributed by atoms with van der Waals surface area (Å²) >= 11 is 0. The molecule has 1 aliphatic rings. The van der Waals surface area contributed by atoms with E-state index >= 15 is 0 Å². The molecule has 7 nitrogen and oxygen atoms in total. The number of hydrogen-bond donors (Lipinski definition) is 1. The van der Waals surface area contributed by atoms with Gasteiger partial charge in [0, 0.05) is 18.7 Å². The maximum atomic E-state index is 11.8. The van der Waals surface area contributed by atoms with E-state index < -0.39 is 12.2 Å². The van der Waals surface area contributed by atoms with Crippen LogP contribution in [0.5, 0.6) is 0 Å². The lowest BCUT2D eigenvalue weighted by molar-refractivity contribution is -0.169. The Morgan fingerprint density at radius 2 is 1.95 bits per heavy atom. The van der Waals surface area contributed by atoms with E-state index in [0.29, 0.717) is 31.9 Å². The van der Waals surface area contributed by atoms with E-state index in [4.69, 9.17) is 14.7 Å². The van der Waals surface area contributed by atoms with Crippen LogP contribution in [0.1, 0.15) is 10.4 Å². The van der Waals surface area contributed by atoms with E-state index in [0.717, 1.165) is 6.21 Å². The zero-order valence-electron chi connectivity index (χ0n) is 11.3. The third kappa shape index (κ3) is 4.37. The van der Waals surface area contributed by atoms with Crippen LogP contribution in [-0.2, 0) is 14.4 Å². The summed E-state index contributed by atoms with van der Waals surface area (Å²) in [6, 6.07) is 8.55. The summed E-state index contributed by atoms with van der Waals surface area (Å²) in [5, 5.41) is 12.6. The van der Waals surface area contributed by atoms with Gasteiger partial charge in [-0.3, -0.25) is 9.69 Å². The first-order chi connectivity index (χ1) is 10.2. The number of oxime groups is 1. The van der Waals surface area contributed by atoms with Crippen molar-refractivity contribution in [2.75, 3.05) is 26.3 Å².